The largest absolute Gasteiger partial charge is 0.350 e. The Kier molecular flexibility index (Phi) is 6.31. The van der Waals surface area contributed by atoms with Crippen LogP contribution in [-0.2, 0) is 4.79 Å². The van der Waals surface area contributed by atoms with E-state index >= 15 is 0 Å². The Balaban J connectivity index is 1.62. The van der Waals surface area contributed by atoms with Crippen LogP contribution in [0.4, 0.5) is 10.5 Å². The van der Waals surface area contributed by atoms with Crippen molar-refractivity contribution in [1.82, 2.24) is 10.2 Å². The van der Waals surface area contributed by atoms with Crippen LogP contribution in [0, 0.1) is 24.0 Å². The molecule has 154 valence electrons. The van der Waals surface area contributed by atoms with E-state index in [4.69, 9.17) is 0 Å². The Morgan fingerprint density at radius 2 is 1.87 bits per heavy atom. The number of amides is 3. The van der Waals surface area contributed by atoms with Crippen molar-refractivity contribution in [3.05, 3.63) is 79.7 Å². The fourth-order valence-corrected chi connectivity index (χ4v) is 3.82. The molecule has 1 aliphatic heterocycles. The number of carbonyl (C=O) groups excluding carboxylic acids is 3. The Bertz CT molecular complexity index is 1060. The number of imide groups is 1. The molecule has 1 saturated heterocycles. The quantitative estimate of drug-likeness (QED) is 0.430. The van der Waals surface area contributed by atoms with E-state index in [1.165, 1.54) is 25.1 Å². The van der Waals surface area contributed by atoms with Crippen LogP contribution in [0.15, 0.2) is 47.4 Å². The number of nitrogens with one attached hydrogen (secondary N) is 1. The molecule has 30 heavy (non-hydrogen) atoms. The first-order valence-corrected chi connectivity index (χ1v) is 9.94. The lowest BCUT2D eigenvalue weighted by atomic mass is 10.1. The van der Waals surface area contributed by atoms with E-state index in [0.717, 1.165) is 27.8 Å². The van der Waals surface area contributed by atoms with Crippen molar-refractivity contribution in [2.75, 3.05) is 13.1 Å². The van der Waals surface area contributed by atoms with Gasteiger partial charge in [-0.25, -0.2) is 0 Å². The summed E-state index contributed by atoms with van der Waals surface area (Å²) in [6.07, 6.45) is 1.66. The summed E-state index contributed by atoms with van der Waals surface area (Å²) in [6, 6.07) is 11.8. The second-order valence-corrected chi connectivity index (χ2v) is 7.70. The molecule has 1 aliphatic rings. The number of nitrogens with zero attached hydrogens (tertiary/aromatic N) is 2. The van der Waals surface area contributed by atoms with Crippen molar-refractivity contribution in [3.63, 3.8) is 0 Å². The highest BCUT2D eigenvalue weighted by Gasteiger charge is 2.34. The van der Waals surface area contributed by atoms with Gasteiger partial charge in [-0.1, -0.05) is 35.9 Å². The van der Waals surface area contributed by atoms with Gasteiger partial charge in [0, 0.05) is 30.3 Å². The maximum atomic E-state index is 12.5. The van der Waals surface area contributed by atoms with Gasteiger partial charge < -0.3 is 5.32 Å². The molecule has 0 unspecified atom stereocenters. The van der Waals surface area contributed by atoms with E-state index in [1.807, 2.05) is 31.2 Å². The number of thioether (sulfide) groups is 1. The molecule has 1 N–H and O–H groups in total. The first-order valence-electron chi connectivity index (χ1n) is 9.12. The molecule has 0 atom stereocenters. The fraction of sp³-hybridized carbons (Fsp3) is 0.190. The highest BCUT2D eigenvalue weighted by Crippen LogP contribution is 2.32. The van der Waals surface area contributed by atoms with Gasteiger partial charge >= 0.3 is 0 Å². The highest BCUT2D eigenvalue weighted by atomic mass is 32.2. The Labute approximate surface area is 177 Å². The minimum absolute atomic E-state index is 0.00954. The van der Waals surface area contributed by atoms with Gasteiger partial charge in [0.05, 0.1) is 9.83 Å². The van der Waals surface area contributed by atoms with Gasteiger partial charge in [0.25, 0.3) is 22.7 Å². The van der Waals surface area contributed by atoms with Crippen molar-refractivity contribution in [1.29, 1.82) is 0 Å². The zero-order valence-electron chi connectivity index (χ0n) is 16.4. The Morgan fingerprint density at radius 3 is 2.53 bits per heavy atom. The number of rotatable bonds is 6. The van der Waals surface area contributed by atoms with Gasteiger partial charge in [-0.15, -0.1) is 0 Å². The molecular weight excluding hydrogens is 406 g/mol. The van der Waals surface area contributed by atoms with Crippen LogP contribution in [0.5, 0.6) is 0 Å². The third-order valence-corrected chi connectivity index (χ3v) is 5.52. The third kappa shape index (κ3) is 4.57. The molecule has 0 saturated carbocycles. The summed E-state index contributed by atoms with van der Waals surface area (Å²) in [4.78, 5) is 49.0. The average Bonchev–Trinajstić information content (AvgIpc) is 2.96. The molecule has 2 aromatic carbocycles. The molecule has 0 radical (unpaired) electrons. The summed E-state index contributed by atoms with van der Waals surface area (Å²) in [7, 11) is 0. The number of benzene rings is 2. The van der Waals surface area contributed by atoms with E-state index in [9.17, 15) is 24.5 Å². The number of aryl methyl sites for hydroxylation is 1. The van der Waals surface area contributed by atoms with Crippen LogP contribution in [0.2, 0.25) is 0 Å². The topological polar surface area (TPSA) is 110 Å². The molecule has 2 aromatic rings. The lowest BCUT2D eigenvalue weighted by Crippen LogP contribution is -2.37. The standard InChI is InChI=1S/C21H19N3O5S/c1-13-6-8-15(9-7-13)12-18-20(26)23(21(27)30-18)11-10-22-19(25)16-4-3-5-17(14(16)2)24(28)29/h3-9,12H,10-11H2,1-2H3,(H,22,25). The molecule has 8 nitrogen and oxygen atoms in total. The molecule has 0 aliphatic carbocycles. The number of hydrogen-bond donors (Lipinski definition) is 1. The molecule has 3 amide bonds. The molecule has 0 aromatic heterocycles. The minimum atomic E-state index is -0.549. The highest BCUT2D eigenvalue weighted by molar-refractivity contribution is 8.18. The second kappa shape index (κ2) is 8.91. The Hall–Kier alpha value is -3.46. The average molecular weight is 425 g/mol. The van der Waals surface area contributed by atoms with Crippen LogP contribution in [0.1, 0.15) is 27.0 Å². The summed E-state index contributed by atoms with van der Waals surface area (Å²) in [6.45, 7) is 3.51. The normalized spacial score (nSPS) is 15.0. The van der Waals surface area contributed by atoms with E-state index in [0.29, 0.717) is 4.91 Å². The lowest BCUT2D eigenvalue weighted by Gasteiger charge is -2.13. The molecule has 1 heterocycles. The van der Waals surface area contributed by atoms with Gasteiger partial charge in [0.15, 0.2) is 0 Å². The predicted octanol–water partition coefficient (Wildman–Crippen LogP) is 3.68. The first-order chi connectivity index (χ1) is 14.3. The van der Waals surface area contributed by atoms with Crippen LogP contribution in [-0.4, -0.2) is 40.0 Å². The molecule has 1 fully saturated rings. The molecule has 0 spiro atoms. The Morgan fingerprint density at radius 1 is 1.17 bits per heavy atom. The van der Waals surface area contributed by atoms with Gasteiger partial charge in [-0.05, 0) is 43.3 Å². The monoisotopic (exact) mass is 425 g/mol. The van der Waals surface area contributed by atoms with Crippen LogP contribution in [0.25, 0.3) is 6.08 Å². The van der Waals surface area contributed by atoms with Crippen molar-refractivity contribution >= 4 is 40.6 Å². The molecule has 9 heteroatoms. The van der Waals surface area contributed by atoms with E-state index in [1.54, 1.807) is 6.08 Å². The van der Waals surface area contributed by atoms with Gasteiger partial charge in [-0.3, -0.25) is 29.4 Å². The number of nitro groups is 1. The summed E-state index contributed by atoms with van der Waals surface area (Å²) in [5.74, 6) is -0.912. The summed E-state index contributed by atoms with van der Waals surface area (Å²) in [5, 5.41) is 13.2. The molecular formula is C21H19N3O5S. The second-order valence-electron chi connectivity index (χ2n) is 6.71. The van der Waals surface area contributed by atoms with Crippen molar-refractivity contribution in [2.45, 2.75) is 13.8 Å². The smallest absolute Gasteiger partial charge is 0.293 e. The maximum Gasteiger partial charge on any atom is 0.293 e. The third-order valence-electron chi connectivity index (χ3n) is 4.62. The van der Waals surface area contributed by atoms with Crippen molar-refractivity contribution in [3.8, 4) is 0 Å². The fourth-order valence-electron chi connectivity index (χ4n) is 2.95. The van der Waals surface area contributed by atoms with Gasteiger partial charge in [-0.2, -0.15) is 0 Å². The van der Waals surface area contributed by atoms with Gasteiger partial charge in [0.2, 0.25) is 0 Å². The van der Waals surface area contributed by atoms with E-state index < -0.39 is 22.0 Å². The van der Waals surface area contributed by atoms with Gasteiger partial charge in [0.1, 0.15) is 0 Å². The SMILES string of the molecule is Cc1ccc(C=C2SC(=O)N(CCNC(=O)c3cccc([N+](=O)[O-])c3C)C2=O)cc1. The lowest BCUT2D eigenvalue weighted by molar-refractivity contribution is -0.385. The summed E-state index contributed by atoms with van der Waals surface area (Å²) >= 11 is 0.855. The number of nitro benzene ring substituents is 1. The number of hydrogen-bond acceptors (Lipinski definition) is 6. The van der Waals surface area contributed by atoms with E-state index in [-0.39, 0.29) is 29.9 Å². The maximum absolute atomic E-state index is 12.5. The number of carbonyl (C=O) groups is 3. The minimum Gasteiger partial charge on any atom is -0.350 e. The zero-order valence-corrected chi connectivity index (χ0v) is 17.2. The molecule has 3 rings (SSSR count). The molecule has 0 bridgehead atoms. The van der Waals surface area contributed by atoms with Crippen molar-refractivity contribution < 1.29 is 19.3 Å². The predicted molar refractivity (Wildman–Crippen MR) is 114 cm³/mol. The summed E-state index contributed by atoms with van der Waals surface area (Å²) in [5.41, 5.74) is 2.20. The summed E-state index contributed by atoms with van der Waals surface area (Å²) < 4.78 is 0. The van der Waals surface area contributed by atoms with Crippen LogP contribution >= 0.6 is 11.8 Å². The first kappa shape index (κ1) is 21.3. The van der Waals surface area contributed by atoms with Crippen LogP contribution < -0.4 is 5.32 Å². The van der Waals surface area contributed by atoms with Crippen LogP contribution in [0.3, 0.4) is 0 Å². The zero-order chi connectivity index (χ0) is 21.8. The van der Waals surface area contributed by atoms with E-state index in [2.05, 4.69) is 5.32 Å². The van der Waals surface area contributed by atoms with Crippen molar-refractivity contribution in [2.24, 2.45) is 0 Å².